The predicted molar refractivity (Wildman–Crippen MR) is 47.7 cm³/mol. The molecule has 1 rings (SSSR count). The molecule has 0 radical (unpaired) electrons. The molecule has 4 nitrogen and oxygen atoms in total. The summed E-state index contributed by atoms with van der Waals surface area (Å²) >= 11 is 0. The smallest absolute Gasteiger partial charge is 0.237 e. The number of hydrogen-bond acceptors (Lipinski definition) is 3. The van der Waals surface area contributed by atoms with Gasteiger partial charge in [-0.3, -0.25) is 4.79 Å². The van der Waals surface area contributed by atoms with Gasteiger partial charge in [0.25, 0.3) is 0 Å². The van der Waals surface area contributed by atoms with Crippen molar-refractivity contribution in [2.24, 2.45) is 5.73 Å². The van der Waals surface area contributed by atoms with Crippen LogP contribution >= 0.6 is 0 Å². The Bertz CT molecular complexity index is 143. The molecule has 4 heteroatoms. The van der Waals surface area contributed by atoms with Crippen LogP contribution in [0.5, 0.6) is 0 Å². The molecule has 1 amide bonds. The molecule has 0 bridgehead atoms. The molecule has 1 heterocycles. The Morgan fingerprint density at radius 1 is 1.58 bits per heavy atom. The second kappa shape index (κ2) is 5.11. The Morgan fingerprint density at radius 2 is 2.42 bits per heavy atom. The van der Waals surface area contributed by atoms with Gasteiger partial charge in [0.1, 0.15) is 0 Å². The van der Waals surface area contributed by atoms with Crippen LogP contribution in [0.3, 0.4) is 0 Å². The van der Waals surface area contributed by atoms with E-state index in [1.165, 1.54) is 6.42 Å². The van der Waals surface area contributed by atoms with E-state index >= 15 is 0 Å². The molecule has 0 aromatic carbocycles. The van der Waals surface area contributed by atoms with Crippen LogP contribution in [0.2, 0.25) is 0 Å². The SMILES string of the molecule is NCCNC(=O)[C@@H]1CCCCN1. The Labute approximate surface area is 72.9 Å². The quantitative estimate of drug-likeness (QED) is 0.521. The van der Waals surface area contributed by atoms with Crippen molar-refractivity contribution in [2.75, 3.05) is 19.6 Å². The fourth-order valence-electron chi connectivity index (χ4n) is 1.39. The summed E-state index contributed by atoms with van der Waals surface area (Å²) in [5.41, 5.74) is 5.27. The van der Waals surface area contributed by atoms with Crippen LogP contribution in [0.1, 0.15) is 19.3 Å². The summed E-state index contributed by atoms with van der Waals surface area (Å²) in [5, 5.41) is 5.95. The Kier molecular flexibility index (Phi) is 4.04. The monoisotopic (exact) mass is 171 g/mol. The van der Waals surface area contributed by atoms with E-state index in [2.05, 4.69) is 10.6 Å². The van der Waals surface area contributed by atoms with Gasteiger partial charge in [-0.15, -0.1) is 0 Å². The second-order valence-corrected chi connectivity index (χ2v) is 3.08. The zero-order valence-electron chi connectivity index (χ0n) is 7.31. The standard InChI is InChI=1S/C8H17N3O/c9-4-6-11-8(12)7-3-1-2-5-10-7/h7,10H,1-6,9H2,(H,11,12)/t7-/m0/s1. The third kappa shape index (κ3) is 2.79. The average molecular weight is 171 g/mol. The van der Waals surface area contributed by atoms with Crippen molar-refractivity contribution < 1.29 is 4.79 Å². The van der Waals surface area contributed by atoms with E-state index in [4.69, 9.17) is 5.73 Å². The first-order valence-corrected chi connectivity index (χ1v) is 4.56. The van der Waals surface area contributed by atoms with Crippen LogP contribution in [0.15, 0.2) is 0 Å². The molecule has 12 heavy (non-hydrogen) atoms. The lowest BCUT2D eigenvalue weighted by molar-refractivity contribution is -0.123. The van der Waals surface area contributed by atoms with Gasteiger partial charge in [-0.25, -0.2) is 0 Å². The summed E-state index contributed by atoms with van der Waals surface area (Å²) < 4.78 is 0. The summed E-state index contributed by atoms with van der Waals surface area (Å²) in [5.74, 6) is 0.0974. The molecule has 1 aliphatic rings. The van der Waals surface area contributed by atoms with Crippen molar-refractivity contribution in [3.05, 3.63) is 0 Å². The minimum absolute atomic E-state index is 0.0188. The topological polar surface area (TPSA) is 67.1 Å². The summed E-state index contributed by atoms with van der Waals surface area (Å²) in [6, 6.07) is 0.0188. The van der Waals surface area contributed by atoms with E-state index in [-0.39, 0.29) is 11.9 Å². The minimum atomic E-state index is 0.0188. The van der Waals surface area contributed by atoms with Crippen LogP contribution in [0, 0.1) is 0 Å². The molecule has 0 unspecified atom stereocenters. The lowest BCUT2D eigenvalue weighted by Gasteiger charge is -2.22. The highest BCUT2D eigenvalue weighted by Gasteiger charge is 2.19. The molecule has 0 aliphatic carbocycles. The van der Waals surface area contributed by atoms with Gasteiger partial charge in [0.05, 0.1) is 6.04 Å². The highest BCUT2D eigenvalue weighted by atomic mass is 16.2. The number of nitrogens with two attached hydrogens (primary N) is 1. The number of carbonyl (C=O) groups is 1. The predicted octanol–water partition coefficient (Wildman–Crippen LogP) is -0.797. The maximum absolute atomic E-state index is 11.3. The Balaban J connectivity index is 2.20. The molecule has 0 aromatic heterocycles. The molecule has 0 spiro atoms. The van der Waals surface area contributed by atoms with Crippen LogP contribution in [0.4, 0.5) is 0 Å². The molecule has 1 atom stereocenters. The first-order chi connectivity index (χ1) is 5.84. The van der Waals surface area contributed by atoms with E-state index in [9.17, 15) is 4.79 Å². The fourth-order valence-corrected chi connectivity index (χ4v) is 1.39. The molecule has 70 valence electrons. The minimum Gasteiger partial charge on any atom is -0.353 e. The summed E-state index contributed by atoms with van der Waals surface area (Å²) in [6.07, 6.45) is 3.28. The molecular formula is C8H17N3O. The maximum atomic E-state index is 11.3. The first kappa shape index (κ1) is 9.48. The lowest BCUT2D eigenvalue weighted by atomic mass is 10.0. The van der Waals surface area contributed by atoms with Crippen LogP contribution in [0.25, 0.3) is 0 Å². The number of hydrogen-bond donors (Lipinski definition) is 3. The van der Waals surface area contributed by atoms with Gasteiger partial charge < -0.3 is 16.4 Å². The molecule has 0 saturated carbocycles. The third-order valence-corrected chi connectivity index (χ3v) is 2.07. The highest BCUT2D eigenvalue weighted by molar-refractivity contribution is 5.81. The lowest BCUT2D eigenvalue weighted by Crippen LogP contribution is -2.47. The van der Waals surface area contributed by atoms with Gasteiger partial charge in [-0.05, 0) is 19.4 Å². The normalized spacial score (nSPS) is 23.6. The van der Waals surface area contributed by atoms with Crippen LogP contribution < -0.4 is 16.4 Å². The summed E-state index contributed by atoms with van der Waals surface area (Å²) in [6.45, 7) is 2.05. The van der Waals surface area contributed by atoms with Gasteiger partial charge >= 0.3 is 0 Å². The van der Waals surface area contributed by atoms with Gasteiger partial charge in [-0.1, -0.05) is 6.42 Å². The molecule has 1 aliphatic heterocycles. The molecule has 1 saturated heterocycles. The van der Waals surface area contributed by atoms with Crippen molar-refractivity contribution >= 4 is 5.91 Å². The van der Waals surface area contributed by atoms with E-state index in [0.29, 0.717) is 13.1 Å². The van der Waals surface area contributed by atoms with Crippen LogP contribution in [-0.2, 0) is 4.79 Å². The average Bonchev–Trinajstić information content (AvgIpc) is 2.15. The zero-order chi connectivity index (χ0) is 8.81. The molecule has 1 fully saturated rings. The second-order valence-electron chi connectivity index (χ2n) is 3.08. The van der Waals surface area contributed by atoms with Crippen LogP contribution in [-0.4, -0.2) is 31.6 Å². The summed E-state index contributed by atoms with van der Waals surface area (Å²) in [7, 11) is 0. The third-order valence-electron chi connectivity index (χ3n) is 2.07. The van der Waals surface area contributed by atoms with E-state index in [1.54, 1.807) is 0 Å². The van der Waals surface area contributed by atoms with Crippen molar-refractivity contribution in [3.8, 4) is 0 Å². The highest BCUT2D eigenvalue weighted by Crippen LogP contribution is 2.06. The zero-order valence-corrected chi connectivity index (χ0v) is 7.31. The van der Waals surface area contributed by atoms with Gasteiger partial charge in [-0.2, -0.15) is 0 Å². The van der Waals surface area contributed by atoms with Crippen molar-refractivity contribution in [3.63, 3.8) is 0 Å². The Hall–Kier alpha value is -0.610. The molecular weight excluding hydrogens is 154 g/mol. The first-order valence-electron chi connectivity index (χ1n) is 4.56. The molecule has 4 N–H and O–H groups in total. The number of amides is 1. The fraction of sp³-hybridized carbons (Fsp3) is 0.875. The number of nitrogens with one attached hydrogen (secondary N) is 2. The van der Waals surface area contributed by atoms with Crippen molar-refractivity contribution in [1.82, 2.24) is 10.6 Å². The Morgan fingerprint density at radius 3 is 3.00 bits per heavy atom. The van der Waals surface area contributed by atoms with Gasteiger partial charge in [0.2, 0.25) is 5.91 Å². The number of carbonyl (C=O) groups excluding carboxylic acids is 1. The van der Waals surface area contributed by atoms with Gasteiger partial charge in [0, 0.05) is 13.1 Å². The van der Waals surface area contributed by atoms with Crippen molar-refractivity contribution in [2.45, 2.75) is 25.3 Å². The molecule has 0 aromatic rings. The summed E-state index contributed by atoms with van der Waals surface area (Å²) in [4.78, 5) is 11.3. The maximum Gasteiger partial charge on any atom is 0.237 e. The largest absolute Gasteiger partial charge is 0.353 e. The van der Waals surface area contributed by atoms with Gasteiger partial charge in [0.15, 0.2) is 0 Å². The number of piperidine rings is 1. The van der Waals surface area contributed by atoms with E-state index in [1.807, 2.05) is 0 Å². The van der Waals surface area contributed by atoms with E-state index in [0.717, 1.165) is 19.4 Å². The van der Waals surface area contributed by atoms with E-state index < -0.39 is 0 Å². The number of rotatable bonds is 3. The van der Waals surface area contributed by atoms with Crippen molar-refractivity contribution in [1.29, 1.82) is 0 Å².